The number of β-lactam (4-membered cyclic amide) rings is 1. The minimum atomic E-state index is -4.52. The number of carboxylic acids is 1. The van der Waals surface area contributed by atoms with Crippen molar-refractivity contribution in [1.82, 2.24) is 4.90 Å². The average molecular weight is 323 g/mol. The first-order chi connectivity index (χ1) is 9.26. The third-order valence-corrected chi connectivity index (χ3v) is 4.68. The van der Waals surface area contributed by atoms with Crippen molar-refractivity contribution in [1.29, 1.82) is 0 Å². The van der Waals surface area contributed by atoms with E-state index in [1.807, 2.05) is 0 Å². The van der Waals surface area contributed by atoms with E-state index in [2.05, 4.69) is 4.18 Å². The molecule has 0 unspecified atom stereocenters. The van der Waals surface area contributed by atoms with Crippen LogP contribution < -0.4 is 0 Å². The van der Waals surface area contributed by atoms with Crippen molar-refractivity contribution in [2.75, 3.05) is 12.9 Å². The molecule has 2 N–H and O–H groups in total. The second kappa shape index (κ2) is 5.35. The lowest BCUT2D eigenvalue weighted by molar-refractivity contribution is -0.155. The number of amides is 1. The summed E-state index contributed by atoms with van der Waals surface area (Å²) in [5.74, 6) is -1.97. The highest BCUT2D eigenvalue weighted by molar-refractivity contribution is 8.02. The molecule has 2 aliphatic heterocycles. The van der Waals surface area contributed by atoms with Gasteiger partial charge in [0.05, 0.1) is 18.6 Å². The number of carbonyl (C=O) groups is 2. The van der Waals surface area contributed by atoms with Crippen molar-refractivity contribution < 1.29 is 31.8 Å². The molecule has 2 heterocycles. The standard InChI is InChI=1S/C10H13NO7S2/c1-19-7-4-6-5(2-3-18-20(15,16)17)9(12)11(6)8(7)10(13)14/h5-6H,2-4H2,1H3,(H,13,14)(H,15,16,17)/t5-,6-/m1/s1. The summed E-state index contributed by atoms with van der Waals surface area (Å²) in [7, 11) is -4.52. The van der Waals surface area contributed by atoms with Gasteiger partial charge in [-0.2, -0.15) is 8.42 Å². The number of thioether (sulfide) groups is 1. The molecule has 112 valence electrons. The molecule has 2 rings (SSSR count). The van der Waals surface area contributed by atoms with Crippen LogP contribution >= 0.6 is 11.8 Å². The predicted octanol–water partition coefficient (Wildman–Crippen LogP) is 0.0858. The van der Waals surface area contributed by atoms with E-state index in [4.69, 9.17) is 9.66 Å². The summed E-state index contributed by atoms with van der Waals surface area (Å²) >= 11 is 1.29. The molecule has 0 radical (unpaired) electrons. The maximum absolute atomic E-state index is 11.9. The lowest BCUT2D eigenvalue weighted by Crippen LogP contribution is -2.58. The molecule has 1 amide bonds. The SMILES string of the molecule is CSC1=C(C(=O)O)N2C(=O)[C@H](CCOS(=O)(=O)O)[C@H]2C1. The molecule has 2 aliphatic rings. The quantitative estimate of drug-likeness (QED) is 0.521. The molecule has 2 atom stereocenters. The second-order valence-electron chi connectivity index (χ2n) is 4.41. The summed E-state index contributed by atoms with van der Waals surface area (Å²) < 4.78 is 33.5. The van der Waals surface area contributed by atoms with Gasteiger partial charge in [0, 0.05) is 11.3 Å². The Morgan fingerprint density at radius 3 is 2.70 bits per heavy atom. The molecule has 8 nitrogen and oxygen atoms in total. The molecule has 1 saturated heterocycles. The zero-order chi connectivity index (χ0) is 15.1. The van der Waals surface area contributed by atoms with Gasteiger partial charge in [-0.3, -0.25) is 9.35 Å². The summed E-state index contributed by atoms with van der Waals surface area (Å²) in [6.07, 6.45) is 2.31. The van der Waals surface area contributed by atoms with Crippen LogP contribution in [-0.4, -0.2) is 53.8 Å². The number of fused-ring (bicyclic) bond motifs is 1. The van der Waals surface area contributed by atoms with Crippen LogP contribution in [0.15, 0.2) is 10.6 Å². The normalized spacial score (nSPS) is 25.7. The van der Waals surface area contributed by atoms with Crippen molar-refractivity contribution in [3.63, 3.8) is 0 Å². The molecule has 1 fully saturated rings. The Balaban J connectivity index is 2.01. The highest BCUT2D eigenvalue weighted by Gasteiger charge is 2.54. The summed E-state index contributed by atoms with van der Waals surface area (Å²) in [5, 5.41) is 9.12. The number of nitrogens with zero attached hydrogens (tertiary/aromatic N) is 1. The molecule has 0 aliphatic carbocycles. The van der Waals surface area contributed by atoms with Crippen molar-refractivity contribution in [2.45, 2.75) is 18.9 Å². The first-order valence-corrected chi connectivity index (χ1v) is 8.30. The van der Waals surface area contributed by atoms with Crippen LogP contribution in [0.2, 0.25) is 0 Å². The van der Waals surface area contributed by atoms with Crippen LogP contribution in [0.1, 0.15) is 12.8 Å². The number of carboxylic acid groups (broad SMARTS) is 1. The highest BCUT2D eigenvalue weighted by Crippen LogP contribution is 2.46. The van der Waals surface area contributed by atoms with Crippen LogP contribution in [0.5, 0.6) is 0 Å². The Labute approximate surface area is 119 Å². The van der Waals surface area contributed by atoms with E-state index >= 15 is 0 Å². The minimum Gasteiger partial charge on any atom is -0.477 e. The van der Waals surface area contributed by atoms with Gasteiger partial charge in [-0.15, -0.1) is 11.8 Å². The first kappa shape index (κ1) is 15.3. The van der Waals surface area contributed by atoms with Crippen LogP contribution in [0.25, 0.3) is 0 Å². The highest BCUT2D eigenvalue weighted by atomic mass is 32.3. The van der Waals surface area contributed by atoms with E-state index in [-0.39, 0.29) is 30.7 Å². The van der Waals surface area contributed by atoms with Gasteiger partial charge in [0.25, 0.3) is 0 Å². The van der Waals surface area contributed by atoms with Crippen LogP contribution in [0, 0.1) is 5.92 Å². The molecule has 0 aromatic carbocycles. The maximum atomic E-state index is 11.9. The van der Waals surface area contributed by atoms with Crippen molar-refractivity contribution in [3.05, 3.63) is 10.6 Å². The Kier molecular flexibility index (Phi) is 4.09. The van der Waals surface area contributed by atoms with Crippen molar-refractivity contribution in [2.24, 2.45) is 5.92 Å². The Morgan fingerprint density at radius 2 is 2.20 bits per heavy atom. The zero-order valence-corrected chi connectivity index (χ0v) is 12.1. The summed E-state index contributed by atoms with van der Waals surface area (Å²) in [6, 6.07) is -0.263. The third kappa shape index (κ3) is 2.68. The molecular weight excluding hydrogens is 310 g/mol. The number of aliphatic carboxylic acids is 1. The summed E-state index contributed by atoms with van der Waals surface area (Å²) in [6.45, 7) is -0.309. The first-order valence-electron chi connectivity index (χ1n) is 5.71. The van der Waals surface area contributed by atoms with Crippen molar-refractivity contribution in [3.8, 4) is 0 Å². The average Bonchev–Trinajstić information content (AvgIpc) is 2.68. The van der Waals surface area contributed by atoms with E-state index in [1.54, 1.807) is 6.26 Å². The van der Waals surface area contributed by atoms with Crippen LogP contribution in [0.4, 0.5) is 0 Å². The Morgan fingerprint density at radius 1 is 1.55 bits per heavy atom. The largest absolute Gasteiger partial charge is 0.477 e. The van der Waals surface area contributed by atoms with Gasteiger partial charge in [-0.1, -0.05) is 0 Å². The van der Waals surface area contributed by atoms with E-state index < -0.39 is 22.3 Å². The molecule has 20 heavy (non-hydrogen) atoms. The molecule has 0 bridgehead atoms. The second-order valence-corrected chi connectivity index (χ2v) is 6.40. The number of rotatable bonds is 6. The van der Waals surface area contributed by atoms with Gasteiger partial charge >= 0.3 is 16.4 Å². The number of hydrogen-bond donors (Lipinski definition) is 2. The smallest absolute Gasteiger partial charge is 0.397 e. The minimum absolute atomic E-state index is 0.0134. The third-order valence-electron chi connectivity index (χ3n) is 3.36. The van der Waals surface area contributed by atoms with Gasteiger partial charge in [0.1, 0.15) is 5.70 Å². The fourth-order valence-electron chi connectivity index (χ4n) is 2.53. The molecule has 0 spiro atoms. The van der Waals surface area contributed by atoms with E-state index in [0.29, 0.717) is 11.3 Å². The maximum Gasteiger partial charge on any atom is 0.397 e. The monoisotopic (exact) mass is 323 g/mol. The van der Waals surface area contributed by atoms with Crippen molar-refractivity contribution >= 4 is 34.0 Å². The fraction of sp³-hybridized carbons (Fsp3) is 0.600. The molecule has 0 aromatic rings. The topological polar surface area (TPSA) is 121 Å². The Bertz CT molecular complexity index is 582. The summed E-state index contributed by atoms with van der Waals surface area (Å²) in [4.78, 5) is 25.0. The van der Waals surface area contributed by atoms with Gasteiger partial charge < -0.3 is 10.0 Å². The molecule has 10 heteroatoms. The van der Waals surface area contributed by atoms with E-state index in [0.717, 1.165) is 0 Å². The van der Waals surface area contributed by atoms with E-state index in [1.165, 1.54) is 16.7 Å². The Hall–Kier alpha value is -1.10. The lowest BCUT2D eigenvalue weighted by atomic mass is 9.85. The lowest BCUT2D eigenvalue weighted by Gasteiger charge is -2.43. The van der Waals surface area contributed by atoms with Gasteiger partial charge in [0.2, 0.25) is 5.91 Å². The summed E-state index contributed by atoms with van der Waals surface area (Å²) in [5.41, 5.74) is 0.0134. The van der Waals surface area contributed by atoms with Gasteiger partial charge in [-0.05, 0) is 12.7 Å². The van der Waals surface area contributed by atoms with Crippen LogP contribution in [-0.2, 0) is 24.2 Å². The molecule has 0 saturated carbocycles. The molecule has 0 aromatic heterocycles. The number of carbonyl (C=O) groups excluding carboxylic acids is 1. The predicted molar refractivity (Wildman–Crippen MR) is 69.0 cm³/mol. The van der Waals surface area contributed by atoms with E-state index in [9.17, 15) is 18.0 Å². The fourth-order valence-corrected chi connectivity index (χ4v) is 3.56. The zero-order valence-electron chi connectivity index (χ0n) is 10.5. The van der Waals surface area contributed by atoms with Gasteiger partial charge in [0.15, 0.2) is 0 Å². The van der Waals surface area contributed by atoms with Gasteiger partial charge in [-0.25, -0.2) is 8.98 Å². The van der Waals surface area contributed by atoms with Crippen LogP contribution in [0.3, 0.4) is 0 Å². The number of hydrogen-bond acceptors (Lipinski definition) is 6. The molecular formula is C10H13NO7S2.